The molecule has 0 bridgehead atoms. The van der Waals surface area contributed by atoms with E-state index in [1.54, 1.807) is 0 Å². The summed E-state index contributed by atoms with van der Waals surface area (Å²) < 4.78 is 5.41. The molecule has 0 heterocycles. The fourth-order valence-electron chi connectivity index (χ4n) is 2.39. The molecule has 4 heteroatoms. The van der Waals surface area contributed by atoms with Crippen LogP contribution in [0.5, 0.6) is 5.75 Å². The van der Waals surface area contributed by atoms with E-state index in [4.69, 9.17) is 9.84 Å². The fraction of sp³-hybridized carbons (Fsp3) is 0.333. The minimum absolute atomic E-state index is 0. The normalized spacial score (nSPS) is 11.8. The molecule has 1 atom stereocenters. The van der Waals surface area contributed by atoms with Crippen molar-refractivity contribution in [1.82, 2.24) is 4.90 Å². The van der Waals surface area contributed by atoms with Gasteiger partial charge in [-0.3, -0.25) is 0 Å². The molecule has 0 aliphatic carbocycles. The number of aliphatic hydroxyl groups is 1. The Kier molecular flexibility index (Phi) is 7.96. The molecule has 0 radical (unpaired) electrons. The molecule has 0 aliphatic heterocycles. The highest BCUT2D eigenvalue weighted by molar-refractivity contribution is 5.85. The zero-order valence-electron chi connectivity index (χ0n) is 13.1. The molecule has 0 amide bonds. The Morgan fingerprint density at radius 2 is 1.64 bits per heavy atom. The van der Waals surface area contributed by atoms with E-state index in [-0.39, 0.29) is 19.0 Å². The number of benzene rings is 2. The average Bonchev–Trinajstić information content (AvgIpc) is 2.52. The van der Waals surface area contributed by atoms with Gasteiger partial charge in [0.25, 0.3) is 0 Å². The number of ether oxygens (including phenoxy) is 1. The molecular weight excluding hydrogens is 298 g/mol. The lowest BCUT2D eigenvalue weighted by Crippen LogP contribution is -2.22. The lowest BCUT2D eigenvalue weighted by atomic mass is 9.98. The molecule has 1 unspecified atom stereocenters. The van der Waals surface area contributed by atoms with E-state index in [9.17, 15) is 0 Å². The van der Waals surface area contributed by atoms with Crippen LogP contribution in [0.15, 0.2) is 54.6 Å². The quantitative estimate of drug-likeness (QED) is 0.849. The number of hydrogen-bond acceptors (Lipinski definition) is 3. The monoisotopic (exact) mass is 321 g/mol. The number of halogens is 1. The van der Waals surface area contributed by atoms with Gasteiger partial charge >= 0.3 is 0 Å². The van der Waals surface area contributed by atoms with Gasteiger partial charge in [0, 0.05) is 6.04 Å². The number of aliphatic hydroxyl groups excluding tert-OH is 1. The van der Waals surface area contributed by atoms with Crippen LogP contribution in [0, 0.1) is 0 Å². The standard InChI is InChI=1S/C18H23NO2.ClH/c1-19(2)18(14-15-6-4-3-5-7-15)16-8-10-17(11-9-16)21-13-12-20;/h3-11,18,20H,12-14H2,1-2H3;1H. The summed E-state index contributed by atoms with van der Waals surface area (Å²) >= 11 is 0. The number of nitrogens with zero attached hydrogens (tertiary/aromatic N) is 1. The van der Waals surface area contributed by atoms with Crippen molar-refractivity contribution < 1.29 is 9.84 Å². The molecule has 3 nitrogen and oxygen atoms in total. The summed E-state index contributed by atoms with van der Waals surface area (Å²) in [6.07, 6.45) is 0.977. The molecule has 2 aromatic rings. The molecule has 0 saturated carbocycles. The topological polar surface area (TPSA) is 32.7 Å². The highest BCUT2D eigenvalue weighted by atomic mass is 35.5. The second-order valence-corrected chi connectivity index (χ2v) is 5.31. The summed E-state index contributed by atoms with van der Waals surface area (Å²) in [5, 5.41) is 8.78. The summed E-state index contributed by atoms with van der Waals surface area (Å²) in [5.74, 6) is 0.796. The average molecular weight is 322 g/mol. The molecule has 0 aromatic heterocycles. The van der Waals surface area contributed by atoms with E-state index in [2.05, 4.69) is 55.4 Å². The first-order valence-corrected chi connectivity index (χ1v) is 7.24. The Balaban J connectivity index is 0.00000242. The lowest BCUT2D eigenvalue weighted by Gasteiger charge is -2.25. The van der Waals surface area contributed by atoms with Crippen LogP contribution in [0.2, 0.25) is 0 Å². The van der Waals surface area contributed by atoms with E-state index >= 15 is 0 Å². The summed E-state index contributed by atoms with van der Waals surface area (Å²) in [7, 11) is 4.20. The third-order valence-corrected chi connectivity index (χ3v) is 3.52. The largest absolute Gasteiger partial charge is 0.491 e. The summed E-state index contributed by atoms with van der Waals surface area (Å²) in [6, 6.07) is 19.0. The van der Waals surface area contributed by atoms with Gasteiger partial charge in [-0.2, -0.15) is 0 Å². The third kappa shape index (κ3) is 5.34. The van der Waals surface area contributed by atoms with Gasteiger partial charge in [-0.25, -0.2) is 0 Å². The van der Waals surface area contributed by atoms with Crippen molar-refractivity contribution in [3.05, 3.63) is 65.7 Å². The molecule has 120 valence electrons. The highest BCUT2D eigenvalue weighted by Gasteiger charge is 2.14. The summed E-state index contributed by atoms with van der Waals surface area (Å²) in [5.41, 5.74) is 2.59. The second kappa shape index (κ2) is 9.46. The summed E-state index contributed by atoms with van der Waals surface area (Å²) in [4.78, 5) is 2.23. The van der Waals surface area contributed by atoms with E-state index in [1.807, 2.05) is 18.2 Å². The molecule has 0 saturated heterocycles. The van der Waals surface area contributed by atoms with Crippen molar-refractivity contribution in [2.75, 3.05) is 27.3 Å². The SMILES string of the molecule is CN(C)C(Cc1ccccc1)c1ccc(OCCO)cc1.Cl. The van der Waals surface area contributed by atoms with Gasteiger partial charge in [-0.15, -0.1) is 12.4 Å². The fourth-order valence-corrected chi connectivity index (χ4v) is 2.39. The smallest absolute Gasteiger partial charge is 0.119 e. The van der Waals surface area contributed by atoms with Gasteiger partial charge in [0.05, 0.1) is 6.61 Å². The van der Waals surface area contributed by atoms with Crippen LogP contribution in [0.1, 0.15) is 17.2 Å². The van der Waals surface area contributed by atoms with Gasteiger partial charge in [-0.1, -0.05) is 42.5 Å². The first-order chi connectivity index (χ1) is 10.2. The zero-order chi connectivity index (χ0) is 15.1. The van der Waals surface area contributed by atoms with Gasteiger partial charge in [-0.05, 0) is 43.8 Å². The maximum Gasteiger partial charge on any atom is 0.119 e. The van der Waals surface area contributed by atoms with Gasteiger partial charge in [0.15, 0.2) is 0 Å². The molecule has 2 aromatic carbocycles. The first-order valence-electron chi connectivity index (χ1n) is 7.24. The maximum atomic E-state index is 8.78. The van der Waals surface area contributed by atoms with E-state index < -0.39 is 0 Å². The van der Waals surface area contributed by atoms with E-state index in [1.165, 1.54) is 11.1 Å². The third-order valence-electron chi connectivity index (χ3n) is 3.52. The van der Waals surface area contributed by atoms with Crippen LogP contribution >= 0.6 is 12.4 Å². The van der Waals surface area contributed by atoms with Crippen LogP contribution in [-0.4, -0.2) is 37.3 Å². The first kappa shape index (κ1) is 18.5. The molecule has 0 fully saturated rings. The second-order valence-electron chi connectivity index (χ2n) is 5.31. The molecule has 22 heavy (non-hydrogen) atoms. The van der Waals surface area contributed by atoms with Gasteiger partial charge in [0.1, 0.15) is 12.4 Å². The molecule has 0 spiro atoms. The van der Waals surface area contributed by atoms with Crippen LogP contribution < -0.4 is 4.74 Å². The minimum atomic E-state index is 0. The number of likely N-dealkylation sites (N-methyl/N-ethyl adjacent to an activating group) is 1. The molecule has 0 aliphatic rings. The van der Waals surface area contributed by atoms with E-state index in [0.29, 0.717) is 12.6 Å². The van der Waals surface area contributed by atoms with Crippen molar-refractivity contribution in [3.8, 4) is 5.75 Å². The molecule has 2 rings (SSSR count). The van der Waals surface area contributed by atoms with Crippen molar-refractivity contribution in [2.24, 2.45) is 0 Å². The Morgan fingerprint density at radius 3 is 2.18 bits per heavy atom. The Bertz CT molecular complexity index is 529. The highest BCUT2D eigenvalue weighted by Crippen LogP contribution is 2.25. The van der Waals surface area contributed by atoms with Crippen molar-refractivity contribution >= 4 is 12.4 Å². The Labute approximate surface area is 138 Å². The van der Waals surface area contributed by atoms with Crippen LogP contribution in [0.4, 0.5) is 0 Å². The summed E-state index contributed by atoms with van der Waals surface area (Å²) in [6.45, 7) is 0.372. The Morgan fingerprint density at radius 1 is 1.00 bits per heavy atom. The minimum Gasteiger partial charge on any atom is -0.491 e. The van der Waals surface area contributed by atoms with Crippen LogP contribution in [0.25, 0.3) is 0 Å². The van der Waals surface area contributed by atoms with Crippen molar-refractivity contribution in [2.45, 2.75) is 12.5 Å². The molecular formula is C18H24ClNO2. The van der Waals surface area contributed by atoms with Gasteiger partial charge in [0.2, 0.25) is 0 Å². The predicted octanol–water partition coefficient (Wildman–Crippen LogP) is 3.32. The number of hydrogen-bond donors (Lipinski definition) is 1. The Hall–Kier alpha value is -1.55. The lowest BCUT2D eigenvalue weighted by molar-refractivity contribution is 0.201. The van der Waals surface area contributed by atoms with Crippen molar-refractivity contribution in [3.63, 3.8) is 0 Å². The van der Waals surface area contributed by atoms with Crippen molar-refractivity contribution in [1.29, 1.82) is 0 Å². The van der Waals surface area contributed by atoms with Crippen LogP contribution in [0.3, 0.4) is 0 Å². The maximum absolute atomic E-state index is 8.78. The number of rotatable bonds is 7. The van der Waals surface area contributed by atoms with Crippen LogP contribution in [-0.2, 0) is 6.42 Å². The zero-order valence-corrected chi connectivity index (χ0v) is 13.9. The molecule has 1 N–H and O–H groups in total. The van der Waals surface area contributed by atoms with Gasteiger partial charge < -0.3 is 14.7 Å². The predicted molar refractivity (Wildman–Crippen MR) is 92.8 cm³/mol. The van der Waals surface area contributed by atoms with E-state index in [0.717, 1.165) is 12.2 Å².